The molecule has 0 saturated heterocycles. The van der Waals surface area contributed by atoms with Crippen LogP contribution in [0.2, 0.25) is 0 Å². The van der Waals surface area contributed by atoms with Gasteiger partial charge in [-0.2, -0.15) is 5.10 Å². The summed E-state index contributed by atoms with van der Waals surface area (Å²) in [6.45, 7) is 4.11. The van der Waals surface area contributed by atoms with Crippen molar-refractivity contribution in [2.45, 2.75) is 13.8 Å². The number of quaternary nitrogens is 1. The summed E-state index contributed by atoms with van der Waals surface area (Å²) in [6, 6.07) is 16.9. The smallest absolute Gasteiger partial charge is 0.279 e. The van der Waals surface area contributed by atoms with Crippen molar-refractivity contribution in [2.75, 3.05) is 37.9 Å². The quantitative estimate of drug-likeness (QED) is 0.514. The molecule has 1 aromatic heterocycles. The first-order valence-electron chi connectivity index (χ1n) is 10.0. The fraction of sp³-hybridized carbons (Fsp3) is 0.261. The SMILES string of the molecule is COc1ccc(NC(=O)C[NH+](C)CC(=O)Nc2c(C)nn(-c3ccccc3)c2C)cc1. The Labute approximate surface area is 181 Å². The van der Waals surface area contributed by atoms with Crippen molar-refractivity contribution in [3.05, 3.63) is 66.0 Å². The molecule has 2 aromatic carbocycles. The minimum absolute atomic E-state index is 0.158. The largest absolute Gasteiger partial charge is 0.497 e. The number of ether oxygens (including phenoxy) is 1. The molecule has 0 fully saturated rings. The maximum atomic E-state index is 12.6. The second-order valence-corrected chi connectivity index (χ2v) is 7.43. The van der Waals surface area contributed by atoms with Gasteiger partial charge < -0.3 is 20.3 Å². The van der Waals surface area contributed by atoms with E-state index in [1.54, 1.807) is 38.4 Å². The second-order valence-electron chi connectivity index (χ2n) is 7.43. The second kappa shape index (κ2) is 9.90. The zero-order valence-corrected chi connectivity index (χ0v) is 18.2. The van der Waals surface area contributed by atoms with Crippen LogP contribution in [0.1, 0.15) is 11.4 Å². The first-order chi connectivity index (χ1) is 14.9. The van der Waals surface area contributed by atoms with Gasteiger partial charge in [0.25, 0.3) is 11.8 Å². The number of nitrogens with zero attached hydrogens (tertiary/aromatic N) is 2. The molecule has 1 unspecified atom stereocenters. The molecule has 2 amide bonds. The van der Waals surface area contributed by atoms with E-state index in [4.69, 9.17) is 4.74 Å². The van der Waals surface area contributed by atoms with Crippen molar-refractivity contribution >= 4 is 23.2 Å². The van der Waals surface area contributed by atoms with Crippen LogP contribution in [0.5, 0.6) is 5.75 Å². The standard InChI is InChI=1S/C23H27N5O3/c1-16-23(17(2)28(26-16)19-8-6-5-7-9-19)25-22(30)15-27(3)14-21(29)24-18-10-12-20(31-4)13-11-18/h5-13H,14-15H2,1-4H3,(H,24,29)(H,25,30)/p+1. The molecule has 0 aliphatic rings. The molecule has 0 aliphatic heterocycles. The molecule has 162 valence electrons. The van der Waals surface area contributed by atoms with Gasteiger partial charge in [-0.1, -0.05) is 18.2 Å². The molecule has 1 atom stereocenters. The van der Waals surface area contributed by atoms with E-state index in [9.17, 15) is 9.59 Å². The lowest BCUT2D eigenvalue weighted by molar-refractivity contribution is -0.862. The van der Waals surface area contributed by atoms with Crippen molar-refractivity contribution in [1.82, 2.24) is 9.78 Å². The highest BCUT2D eigenvalue weighted by atomic mass is 16.5. The lowest BCUT2D eigenvalue weighted by Gasteiger charge is -2.14. The van der Waals surface area contributed by atoms with Crippen molar-refractivity contribution in [1.29, 1.82) is 0 Å². The Hall–Kier alpha value is -3.65. The average Bonchev–Trinajstić information content (AvgIpc) is 3.03. The number of para-hydroxylation sites is 1. The molecule has 0 saturated carbocycles. The molecule has 8 nitrogen and oxygen atoms in total. The molecule has 8 heteroatoms. The van der Waals surface area contributed by atoms with Gasteiger partial charge in [0.1, 0.15) is 5.75 Å². The number of rotatable bonds is 8. The Morgan fingerprint density at radius 2 is 1.58 bits per heavy atom. The summed E-state index contributed by atoms with van der Waals surface area (Å²) in [5, 5.41) is 10.3. The predicted molar refractivity (Wildman–Crippen MR) is 120 cm³/mol. The van der Waals surface area contributed by atoms with Gasteiger partial charge in [0.2, 0.25) is 0 Å². The Morgan fingerprint density at radius 3 is 2.19 bits per heavy atom. The number of amides is 2. The van der Waals surface area contributed by atoms with Gasteiger partial charge in [-0.15, -0.1) is 0 Å². The Morgan fingerprint density at radius 1 is 0.968 bits per heavy atom. The lowest BCUT2D eigenvalue weighted by atomic mass is 10.3. The van der Waals surface area contributed by atoms with Crippen LogP contribution in [0.4, 0.5) is 11.4 Å². The van der Waals surface area contributed by atoms with E-state index in [-0.39, 0.29) is 24.9 Å². The maximum Gasteiger partial charge on any atom is 0.279 e. The van der Waals surface area contributed by atoms with Gasteiger partial charge in [-0.05, 0) is 50.2 Å². The zero-order valence-electron chi connectivity index (χ0n) is 18.2. The van der Waals surface area contributed by atoms with E-state index < -0.39 is 0 Å². The van der Waals surface area contributed by atoms with Crippen LogP contribution in [-0.2, 0) is 9.59 Å². The summed E-state index contributed by atoms with van der Waals surface area (Å²) in [5.41, 5.74) is 3.91. The summed E-state index contributed by atoms with van der Waals surface area (Å²) >= 11 is 0. The molecule has 3 rings (SSSR count). The number of aromatic nitrogens is 2. The highest BCUT2D eigenvalue weighted by Crippen LogP contribution is 2.22. The summed E-state index contributed by atoms with van der Waals surface area (Å²) in [4.78, 5) is 25.6. The number of nitrogens with one attached hydrogen (secondary N) is 3. The minimum Gasteiger partial charge on any atom is -0.497 e. The number of carbonyl (C=O) groups excluding carboxylic acids is 2. The topological polar surface area (TPSA) is 89.7 Å². The number of hydrogen-bond acceptors (Lipinski definition) is 4. The Balaban J connectivity index is 1.55. The van der Waals surface area contributed by atoms with Crippen molar-refractivity contribution in [3.63, 3.8) is 0 Å². The van der Waals surface area contributed by atoms with Gasteiger partial charge in [0, 0.05) is 5.69 Å². The summed E-state index contributed by atoms with van der Waals surface area (Å²) in [5.74, 6) is 0.381. The molecular weight excluding hydrogens is 394 g/mol. The van der Waals surface area contributed by atoms with Crippen LogP contribution in [0.15, 0.2) is 54.6 Å². The third-order valence-corrected chi connectivity index (χ3v) is 4.85. The van der Waals surface area contributed by atoms with E-state index in [1.165, 1.54) is 0 Å². The van der Waals surface area contributed by atoms with Crippen LogP contribution in [0.25, 0.3) is 5.69 Å². The molecule has 3 aromatic rings. The molecular formula is C23H28N5O3+. The normalized spacial score (nSPS) is 11.6. The average molecular weight is 423 g/mol. The number of methoxy groups -OCH3 is 1. The third kappa shape index (κ3) is 5.70. The van der Waals surface area contributed by atoms with Gasteiger partial charge in [0.15, 0.2) is 13.1 Å². The monoisotopic (exact) mass is 422 g/mol. The van der Waals surface area contributed by atoms with Crippen molar-refractivity contribution in [2.24, 2.45) is 0 Å². The van der Waals surface area contributed by atoms with Gasteiger partial charge in [0.05, 0.1) is 36.9 Å². The number of benzene rings is 2. The summed E-state index contributed by atoms with van der Waals surface area (Å²) in [7, 11) is 3.40. The Bertz CT molecular complexity index is 1050. The highest BCUT2D eigenvalue weighted by molar-refractivity contribution is 5.94. The third-order valence-electron chi connectivity index (χ3n) is 4.85. The zero-order chi connectivity index (χ0) is 22.4. The molecule has 0 radical (unpaired) electrons. The van der Waals surface area contributed by atoms with E-state index in [0.29, 0.717) is 11.4 Å². The first kappa shape index (κ1) is 22.0. The van der Waals surface area contributed by atoms with Crippen molar-refractivity contribution in [3.8, 4) is 11.4 Å². The lowest BCUT2D eigenvalue weighted by Crippen LogP contribution is -3.11. The molecule has 0 aliphatic carbocycles. The number of likely N-dealkylation sites (N-methyl/N-ethyl adjacent to an activating group) is 1. The molecule has 1 heterocycles. The first-order valence-corrected chi connectivity index (χ1v) is 10.0. The molecule has 3 N–H and O–H groups in total. The van der Waals surface area contributed by atoms with Gasteiger partial charge in [-0.25, -0.2) is 4.68 Å². The van der Waals surface area contributed by atoms with Crippen LogP contribution in [0.3, 0.4) is 0 Å². The van der Waals surface area contributed by atoms with Crippen LogP contribution in [-0.4, -0.2) is 48.8 Å². The van der Waals surface area contributed by atoms with E-state index in [2.05, 4.69) is 15.7 Å². The number of carbonyl (C=O) groups is 2. The molecule has 0 spiro atoms. The van der Waals surface area contributed by atoms with E-state index in [0.717, 1.165) is 27.7 Å². The summed E-state index contributed by atoms with van der Waals surface area (Å²) in [6.07, 6.45) is 0. The van der Waals surface area contributed by atoms with Crippen molar-refractivity contribution < 1.29 is 19.2 Å². The minimum atomic E-state index is -0.173. The molecule has 31 heavy (non-hydrogen) atoms. The summed E-state index contributed by atoms with van der Waals surface area (Å²) < 4.78 is 6.92. The highest BCUT2D eigenvalue weighted by Gasteiger charge is 2.19. The van der Waals surface area contributed by atoms with E-state index >= 15 is 0 Å². The maximum absolute atomic E-state index is 12.6. The van der Waals surface area contributed by atoms with Gasteiger partial charge >= 0.3 is 0 Å². The number of aryl methyl sites for hydroxylation is 1. The number of hydrogen-bond donors (Lipinski definition) is 3. The van der Waals surface area contributed by atoms with E-state index in [1.807, 2.05) is 48.9 Å². The fourth-order valence-corrected chi connectivity index (χ4v) is 3.32. The predicted octanol–water partition coefficient (Wildman–Crippen LogP) is 1.59. The van der Waals surface area contributed by atoms with Gasteiger partial charge in [-0.3, -0.25) is 9.59 Å². The van der Waals surface area contributed by atoms with Crippen LogP contribution < -0.4 is 20.3 Å². The van der Waals surface area contributed by atoms with Crippen LogP contribution >= 0.6 is 0 Å². The Kier molecular flexibility index (Phi) is 7.04. The van der Waals surface area contributed by atoms with Crippen LogP contribution in [0, 0.1) is 13.8 Å². The number of anilines is 2. The fourth-order valence-electron chi connectivity index (χ4n) is 3.32. The molecule has 0 bridgehead atoms.